The molecule has 1 aromatic rings. The molecule has 1 atom stereocenters. The van der Waals surface area contributed by atoms with Gasteiger partial charge in [-0.1, -0.05) is 43.2 Å². The maximum absolute atomic E-state index is 12.8. The maximum atomic E-state index is 12.8. The van der Waals surface area contributed by atoms with Gasteiger partial charge in [-0.3, -0.25) is 9.69 Å². The van der Waals surface area contributed by atoms with Gasteiger partial charge in [-0.05, 0) is 44.3 Å². The fourth-order valence-corrected chi connectivity index (χ4v) is 3.82. The van der Waals surface area contributed by atoms with Crippen LogP contribution in [0.2, 0.25) is 0 Å². The number of rotatable bonds is 2. The molecular weight excluding hydrogens is 234 g/mol. The summed E-state index contributed by atoms with van der Waals surface area (Å²) in [7, 11) is 0. The Morgan fingerprint density at radius 1 is 0.895 bits per heavy atom. The van der Waals surface area contributed by atoms with E-state index >= 15 is 0 Å². The summed E-state index contributed by atoms with van der Waals surface area (Å²) in [5.41, 5.74) is 0.918. The number of hydrogen-bond acceptors (Lipinski definition) is 2. The van der Waals surface area contributed by atoms with E-state index in [9.17, 15) is 4.79 Å². The zero-order valence-corrected chi connectivity index (χ0v) is 11.6. The first-order valence-electron chi connectivity index (χ1n) is 7.68. The van der Waals surface area contributed by atoms with Crippen LogP contribution in [0.15, 0.2) is 30.3 Å². The fourth-order valence-electron chi connectivity index (χ4n) is 3.82. The van der Waals surface area contributed by atoms with Gasteiger partial charge in [0.15, 0.2) is 5.78 Å². The van der Waals surface area contributed by atoms with Crippen LogP contribution in [0.4, 0.5) is 0 Å². The van der Waals surface area contributed by atoms with E-state index in [0.717, 1.165) is 32.4 Å². The lowest BCUT2D eigenvalue weighted by atomic mass is 9.73. The van der Waals surface area contributed by atoms with Crippen molar-refractivity contribution in [3.05, 3.63) is 35.9 Å². The van der Waals surface area contributed by atoms with E-state index in [2.05, 4.69) is 29.2 Å². The van der Waals surface area contributed by atoms with Crippen LogP contribution in [0.5, 0.6) is 0 Å². The second-order valence-electron chi connectivity index (χ2n) is 5.90. The molecule has 0 unspecified atom stereocenters. The van der Waals surface area contributed by atoms with Gasteiger partial charge in [0.25, 0.3) is 0 Å². The maximum Gasteiger partial charge on any atom is 0.157 e. The predicted molar refractivity (Wildman–Crippen MR) is 77.0 cm³/mol. The minimum absolute atomic E-state index is 0.306. The van der Waals surface area contributed by atoms with Crippen molar-refractivity contribution in [2.45, 2.75) is 50.5 Å². The van der Waals surface area contributed by atoms with E-state index in [1.165, 1.54) is 31.2 Å². The molecule has 2 aliphatic rings. The molecule has 0 N–H and O–H groups in total. The van der Waals surface area contributed by atoms with Crippen molar-refractivity contribution < 1.29 is 4.79 Å². The van der Waals surface area contributed by atoms with Gasteiger partial charge < -0.3 is 0 Å². The molecule has 19 heavy (non-hydrogen) atoms. The van der Waals surface area contributed by atoms with Crippen molar-refractivity contribution in [2.24, 2.45) is 0 Å². The Kier molecular flexibility index (Phi) is 3.69. The van der Waals surface area contributed by atoms with Gasteiger partial charge in [0.2, 0.25) is 0 Å². The molecule has 0 bridgehead atoms. The zero-order chi connectivity index (χ0) is 13.1. The summed E-state index contributed by atoms with van der Waals surface area (Å²) < 4.78 is 0. The number of nitrogens with zero attached hydrogens (tertiary/aromatic N) is 1. The third-order valence-corrected chi connectivity index (χ3v) is 4.80. The Labute approximate surface area is 115 Å². The molecule has 0 amide bonds. The first-order valence-corrected chi connectivity index (χ1v) is 7.68. The quantitative estimate of drug-likeness (QED) is 0.808. The molecule has 0 aromatic heterocycles. The molecule has 0 radical (unpaired) electrons. The molecule has 2 heteroatoms. The Bertz CT molecular complexity index is 436. The van der Waals surface area contributed by atoms with Crippen LogP contribution >= 0.6 is 0 Å². The van der Waals surface area contributed by atoms with E-state index < -0.39 is 0 Å². The third-order valence-electron chi connectivity index (χ3n) is 4.80. The Balaban J connectivity index is 2.01. The molecule has 1 aliphatic carbocycles. The summed E-state index contributed by atoms with van der Waals surface area (Å²) in [5.74, 6) is 0.451. The van der Waals surface area contributed by atoms with Gasteiger partial charge >= 0.3 is 0 Å². The molecule has 1 saturated carbocycles. The van der Waals surface area contributed by atoms with Crippen LogP contribution in [-0.4, -0.2) is 23.8 Å². The number of likely N-dealkylation sites (tertiary alicyclic amines) is 1. The van der Waals surface area contributed by atoms with Gasteiger partial charge in [-0.2, -0.15) is 0 Å². The Hall–Kier alpha value is -1.15. The van der Waals surface area contributed by atoms with Crippen LogP contribution in [0, 0.1) is 0 Å². The van der Waals surface area contributed by atoms with Crippen molar-refractivity contribution in [3.8, 4) is 0 Å². The minimum Gasteiger partial charge on any atom is -0.297 e. The van der Waals surface area contributed by atoms with Gasteiger partial charge in [0.05, 0.1) is 0 Å². The second-order valence-corrected chi connectivity index (χ2v) is 5.90. The van der Waals surface area contributed by atoms with Crippen molar-refractivity contribution in [1.82, 2.24) is 4.90 Å². The van der Waals surface area contributed by atoms with E-state index in [1.807, 2.05) is 6.07 Å². The van der Waals surface area contributed by atoms with E-state index in [1.54, 1.807) is 0 Å². The van der Waals surface area contributed by atoms with E-state index in [4.69, 9.17) is 0 Å². The van der Waals surface area contributed by atoms with Gasteiger partial charge in [0.1, 0.15) is 5.54 Å². The summed E-state index contributed by atoms with van der Waals surface area (Å²) in [6.07, 6.45) is 7.80. The Morgan fingerprint density at radius 2 is 1.63 bits per heavy atom. The monoisotopic (exact) mass is 257 g/mol. The van der Waals surface area contributed by atoms with Gasteiger partial charge in [-0.15, -0.1) is 0 Å². The summed E-state index contributed by atoms with van der Waals surface area (Å²) >= 11 is 0. The zero-order valence-electron chi connectivity index (χ0n) is 11.6. The summed E-state index contributed by atoms with van der Waals surface area (Å²) in [4.78, 5) is 15.3. The number of carbonyl (C=O) groups is 1. The van der Waals surface area contributed by atoms with E-state index in [-0.39, 0.29) is 5.54 Å². The predicted octanol–water partition coefficient (Wildman–Crippen LogP) is 3.51. The first kappa shape index (κ1) is 12.9. The van der Waals surface area contributed by atoms with Crippen LogP contribution in [0.25, 0.3) is 0 Å². The highest BCUT2D eigenvalue weighted by Crippen LogP contribution is 2.41. The van der Waals surface area contributed by atoms with Crippen molar-refractivity contribution in [1.29, 1.82) is 0 Å². The largest absolute Gasteiger partial charge is 0.297 e. The molecule has 3 rings (SSSR count). The second kappa shape index (κ2) is 5.46. The third kappa shape index (κ3) is 2.23. The lowest BCUT2D eigenvalue weighted by molar-refractivity contribution is -0.136. The smallest absolute Gasteiger partial charge is 0.157 e. The van der Waals surface area contributed by atoms with Crippen LogP contribution in [-0.2, 0) is 10.3 Å². The van der Waals surface area contributed by atoms with Crippen molar-refractivity contribution in [3.63, 3.8) is 0 Å². The SMILES string of the molecule is O=C1CCCC[C@]1(c1ccccc1)N1CCCCC1. The number of benzene rings is 1. The van der Waals surface area contributed by atoms with E-state index in [0.29, 0.717) is 5.78 Å². The summed E-state index contributed by atoms with van der Waals surface area (Å²) in [6.45, 7) is 2.17. The minimum atomic E-state index is -0.306. The number of Topliss-reactive ketones (excluding diaryl/α,β-unsaturated/α-hetero) is 1. The normalized spacial score (nSPS) is 29.4. The highest BCUT2D eigenvalue weighted by molar-refractivity contribution is 5.90. The molecule has 0 spiro atoms. The lowest BCUT2D eigenvalue weighted by Crippen LogP contribution is -2.55. The average molecular weight is 257 g/mol. The molecule has 2 fully saturated rings. The average Bonchev–Trinajstić information content (AvgIpc) is 2.50. The fraction of sp³-hybridized carbons (Fsp3) is 0.588. The highest BCUT2D eigenvalue weighted by atomic mass is 16.1. The molecule has 2 nitrogen and oxygen atoms in total. The van der Waals surface area contributed by atoms with Gasteiger partial charge in [-0.25, -0.2) is 0 Å². The number of carbonyl (C=O) groups excluding carboxylic acids is 1. The number of ketones is 1. The van der Waals surface area contributed by atoms with Crippen LogP contribution < -0.4 is 0 Å². The van der Waals surface area contributed by atoms with Crippen LogP contribution in [0.3, 0.4) is 0 Å². The van der Waals surface area contributed by atoms with Crippen LogP contribution in [0.1, 0.15) is 50.5 Å². The number of hydrogen-bond donors (Lipinski definition) is 0. The van der Waals surface area contributed by atoms with Crippen molar-refractivity contribution in [2.75, 3.05) is 13.1 Å². The molecule has 1 heterocycles. The molecule has 1 saturated heterocycles. The summed E-state index contributed by atoms with van der Waals surface area (Å²) in [6, 6.07) is 10.5. The number of piperidine rings is 1. The summed E-state index contributed by atoms with van der Waals surface area (Å²) in [5, 5.41) is 0. The highest BCUT2D eigenvalue weighted by Gasteiger charge is 2.46. The molecule has 1 aliphatic heterocycles. The Morgan fingerprint density at radius 3 is 2.32 bits per heavy atom. The van der Waals surface area contributed by atoms with Crippen molar-refractivity contribution >= 4 is 5.78 Å². The first-order chi connectivity index (χ1) is 9.34. The lowest BCUT2D eigenvalue weighted by Gasteiger charge is -2.47. The standard InChI is InChI=1S/C17H23NO/c19-16-11-5-6-12-17(16,15-9-3-1-4-10-15)18-13-7-2-8-14-18/h1,3-4,9-10H,2,5-8,11-14H2/t17-/m1/s1. The van der Waals surface area contributed by atoms with Gasteiger partial charge in [0, 0.05) is 6.42 Å². The topological polar surface area (TPSA) is 20.3 Å². The molecule has 1 aromatic carbocycles. The molecular formula is C17H23NO. The molecule has 102 valence electrons.